The van der Waals surface area contributed by atoms with Crippen molar-refractivity contribution in [1.29, 1.82) is 0 Å². The molecule has 0 aliphatic heterocycles. The molecule has 0 spiro atoms. The Balaban J connectivity index is 2.42. The fourth-order valence-electron chi connectivity index (χ4n) is 1.90. The van der Waals surface area contributed by atoms with Gasteiger partial charge in [-0.3, -0.25) is 0 Å². The van der Waals surface area contributed by atoms with Crippen LogP contribution in [0.1, 0.15) is 30.7 Å². The molecule has 72 valence electrons. The van der Waals surface area contributed by atoms with Gasteiger partial charge in [-0.25, -0.2) is 0 Å². The first-order valence-corrected chi connectivity index (χ1v) is 5.74. The van der Waals surface area contributed by atoms with E-state index in [1.807, 2.05) is 0 Å². The second-order valence-corrected chi connectivity index (χ2v) is 6.24. The van der Waals surface area contributed by atoms with Crippen LogP contribution in [-0.4, -0.2) is 0 Å². The quantitative estimate of drug-likeness (QED) is 0.705. The number of rotatable bonds is 0. The molecule has 3 heteroatoms. The summed E-state index contributed by atoms with van der Waals surface area (Å²) < 4.78 is 0.780. The van der Waals surface area contributed by atoms with Gasteiger partial charge in [-0.15, -0.1) is 11.3 Å². The van der Waals surface area contributed by atoms with Gasteiger partial charge in [0.05, 0.1) is 5.69 Å². The van der Waals surface area contributed by atoms with Crippen LogP contribution in [0.25, 0.3) is 0 Å². The number of hydrogen-bond donors (Lipinski definition) is 1. The van der Waals surface area contributed by atoms with Gasteiger partial charge in [0, 0.05) is 4.88 Å². The highest BCUT2D eigenvalue weighted by Crippen LogP contribution is 2.44. The molecule has 0 bridgehead atoms. The summed E-state index contributed by atoms with van der Waals surface area (Å²) in [5.74, 6) is 0. The van der Waals surface area contributed by atoms with Crippen molar-refractivity contribution in [3.05, 3.63) is 14.8 Å². The minimum absolute atomic E-state index is 0.424. The molecule has 1 heterocycles. The van der Waals surface area contributed by atoms with E-state index in [0.717, 1.165) is 22.9 Å². The maximum absolute atomic E-state index is 6.01. The van der Waals surface area contributed by atoms with Gasteiger partial charge >= 0.3 is 0 Å². The van der Waals surface area contributed by atoms with Crippen LogP contribution in [0.4, 0.5) is 5.69 Å². The normalized spacial score (nSPS) is 19.9. The maximum atomic E-state index is 6.01. The van der Waals surface area contributed by atoms with E-state index in [4.69, 9.17) is 17.3 Å². The van der Waals surface area contributed by atoms with Gasteiger partial charge in [-0.2, -0.15) is 0 Å². The van der Waals surface area contributed by atoms with Crippen molar-refractivity contribution in [2.75, 3.05) is 5.73 Å². The molecule has 2 N–H and O–H groups in total. The molecule has 0 aromatic carbocycles. The zero-order valence-electron chi connectivity index (χ0n) is 7.98. The SMILES string of the molecule is CC1(C)CCc2c(sc(Cl)c2N)C1. The van der Waals surface area contributed by atoms with Crippen LogP contribution in [0.2, 0.25) is 4.34 Å². The summed E-state index contributed by atoms with van der Waals surface area (Å²) in [6.07, 6.45) is 3.44. The van der Waals surface area contributed by atoms with Crippen LogP contribution in [0.15, 0.2) is 0 Å². The molecule has 2 rings (SSSR count). The molecule has 13 heavy (non-hydrogen) atoms. The number of nitrogen functional groups attached to an aromatic ring is 1. The first-order valence-electron chi connectivity index (χ1n) is 4.55. The molecule has 1 nitrogen and oxygen atoms in total. The van der Waals surface area contributed by atoms with Crippen molar-refractivity contribution in [2.45, 2.75) is 33.1 Å². The largest absolute Gasteiger partial charge is 0.397 e. The van der Waals surface area contributed by atoms with E-state index in [1.165, 1.54) is 16.9 Å². The molecule has 0 saturated carbocycles. The van der Waals surface area contributed by atoms with Crippen molar-refractivity contribution in [1.82, 2.24) is 0 Å². The predicted octanol–water partition coefficient (Wildman–Crippen LogP) is 3.50. The van der Waals surface area contributed by atoms with Gasteiger partial charge in [-0.05, 0) is 30.2 Å². The fraction of sp³-hybridized carbons (Fsp3) is 0.600. The van der Waals surface area contributed by atoms with Crippen LogP contribution in [0.5, 0.6) is 0 Å². The smallest absolute Gasteiger partial charge is 0.116 e. The molecule has 1 aliphatic carbocycles. The van der Waals surface area contributed by atoms with E-state index in [0.29, 0.717) is 5.41 Å². The van der Waals surface area contributed by atoms with E-state index in [1.54, 1.807) is 11.3 Å². The van der Waals surface area contributed by atoms with Gasteiger partial charge in [0.1, 0.15) is 4.34 Å². The van der Waals surface area contributed by atoms with E-state index < -0.39 is 0 Å². The summed E-state index contributed by atoms with van der Waals surface area (Å²) in [7, 11) is 0. The van der Waals surface area contributed by atoms with Gasteiger partial charge in [0.2, 0.25) is 0 Å². The van der Waals surface area contributed by atoms with Gasteiger partial charge < -0.3 is 5.73 Å². The molecule has 0 fully saturated rings. The molecular formula is C10H14ClNS. The summed E-state index contributed by atoms with van der Waals surface area (Å²) in [6.45, 7) is 4.61. The molecule has 0 unspecified atom stereocenters. The third-order valence-corrected chi connectivity index (χ3v) is 4.25. The minimum atomic E-state index is 0.424. The van der Waals surface area contributed by atoms with Gasteiger partial charge in [0.25, 0.3) is 0 Å². The number of halogens is 1. The van der Waals surface area contributed by atoms with E-state index in [9.17, 15) is 0 Å². The summed E-state index contributed by atoms with van der Waals surface area (Å²) in [6, 6.07) is 0. The summed E-state index contributed by atoms with van der Waals surface area (Å²) in [5.41, 5.74) is 8.46. The van der Waals surface area contributed by atoms with Crippen molar-refractivity contribution < 1.29 is 0 Å². The Kier molecular flexibility index (Phi) is 2.08. The van der Waals surface area contributed by atoms with E-state index in [-0.39, 0.29) is 0 Å². The Bertz CT molecular complexity index is 341. The second kappa shape index (κ2) is 2.89. The standard InChI is InChI=1S/C10H14ClNS/c1-10(2)4-3-6-7(5-10)13-9(11)8(6)12/h3-5,12H2,1-2H3. The predicted molar refractivity (Wildman–Crippen MR) is 59.5 cm³/mol. The average molecular weight is 216 g/mol. The fourth-order valence-corrected chi connectivity index (χ4v) is 3.54. The van der Waals surface area contributed by atoms with Crippen molar-refractivity contribution >= 4 is 28.6 Å². The van der Waals surface area contributed by atoms with Crippen LogP contribution in [-0.2, 0) is 12.8 Å². The third-order valence-electron chi connectivity index (χ3n) is 2.78. The molecule has 0 saturated heterocycles. The molecule has 1 aromatic heterocycles. The molecule has 0 amide bonds. The second-order valence-electron chi connectivity index (χ2n) is 4.53. The Morgan fingerprint density at radius 3 is 2.85 bits per heavy atom. The topological polar surface area (TPSA) is 26.0 Å². The summed E-state index contributed by atoms with van der Waals surface area (Å²) >= 11 is 7.67. The lowest BCUT2D eigenvalue weighted by Gasteiger charge is -2.29. The molecule has 1 aliphatic rings. The third kappa shape index (κ3) is 1.57. The average Bonchev–Trinajstić information content (AvgIpc) is 2.25. The molecule has 0 atom stereocenters. The summed E-state index contributed by atoms with van der Waals surface area (Å²) in [4.78, 5) is 1.40. The van der Waals surface area contributed by atoms with E-state index in [2.05, 4.69) is 13.8 Å². The van der Waals surface area contributed by atoms with E-state index >= 15 is 0 Å². The number of hydrogen-bond acceptors (Lipinski definition) is 2. The zero-order valence-corrected chi connectivity index (χ0v) is 9.56. The minimum Gasteiger partial charge on any atom is -0.397 e. The Morgan fingerprint density at radius 2 is 2.15 bits per heavy atom. The number of thiophene rings is 1. The van der Waals surface area contributed by atoms with Gasteiger partial charge in [0.15, 0.2) is 0 Å². The molecule has 1 aromatic rings. The number of anilines is 1. The van der Waals surface area contributed by atoms with Crippen LogP contribution >= 0.6 is 22.9 Å². The molecule has 0 radical (unpaired) electrons. The number of fused-ring (bicyclic) bond motifs is 1. The Hall–Kier alpha value is -0.210. The lowest BCUT2D eigenvalue weighted by molar-refractivity contribution is 0.319. The van der Waals surface area contributed by atoms with Crippen molar-refractivity contribution in [3.8, 4) is 0 Å². The monoisotopic (exact) mass is 215 g/mol. The van der Waals surface area contributed by atoms with Crippen LogP contribution in [0, 0.1) is 5.41 Å². The Morgan fingerprint density at radius 1 is 1.46 bits per heavy atom. The lowest BCUT2D eigenvalue weighted by Crippen LogP contribution is -2.21. The van der Waals surface area contributed by atoms with Crippen molar-refractivity contribution in [2.24, 2.45) is 5.41 Å². The van der Waals surface area contributed by atoms with Crippen LogP contribution < -0.4 is 5.73 Å². The Labute approximate surface area is 87.9 Å². The lowest BCUT2D eigenvalue weighted by atomic mass is 9.77. The highest BCUT2D eigenvalue weighted by Gasteiger charge is 2.28. The summed E-state index contributed by atoms with van der Waals surface area (Å²) in [5, 5.41) is 0. The van der Waals surface area contributed by atoms with Crippen LogP contribution in [0.3, 0.4) is 0 Å². The zero-order chi connectivity index (χ0) is 9.64. The highest BCUT2D eigenvalue weighted by molar-refractivity contribution is 7.17. The maximum Gasteiger partial charge on any atom is 0.116 e. The first-order chi connectivity index (χ1) is 5.99. The first kappa shape index (κ1) is 9.35. The highest BCUT2D eigenvalue weighted by atomic mass is 35.5. The molecular weight excluding hydrogens is 202 g/mol. The van der Waals surface area contributed by atoms with Gasteiger partial charge in [-0.1, -0.05) is 25.4 Å². The number of nitrogens with two attached hydrogens (primary N) is 1. The van der Waals surface area contributed by atoms with Crippen molar-refractivity contribution in [3.63, 3.8) is 0 Å².